The highest BCUT2D eigenvalue weighted by molar-refractivity contribution is 5.89. The van der Waals surface area contributed by atoms with Gasteiger partial charge in [-0.25, -0.2) is 0 Å². The molecule has 3 aromatic rings. The zero-order valence-electron chi connectivity index (χ0n) is 19.3. The number of hydrogen-bond donors (Lipinski definition) is 1. The van der Waals surface area contributed by atoms with Crippen LogP contribution in [0.4, 0.5) is 5.69 Å². The number of fused-ring (bicyclic) bond motifs is 3. The third-order valence-corrected chi connectivity index (χ3v) is 9.60. The zero-order chi connectivity index (χ0) is 21.7. The predicted octanol–water partition coefficient (Wildman–Crippen LogP) is 7.71. The van der Waals surface area contributed by atoms with Crippen LogP contribution in [0.25, 0.3) is 22.3 Å². The van der Waals surface area contributed by atoms with Crippen LogP contribution in [0.5, 0.6) is 0 Å². The molecule has 3 aromatic carbocycles. The summed E-state index contributed by atoms with van der Waals surface area (Å²) in [6.45, 7) is 4.63. The number of anilines is 1. The molecule has 32 heavy (non-hydrogen) atoms. The van der Waals surface area contributed by atoms with Crippen LogP contribution >= 0.6 is 0 Å². The summed E-state index contributed by atoms with van der Waals surface area (Å²) < 4.78 is 0. The second kappa shape index (κ2) is 6.28. The highest BCUT2D eigenvalue weighted by Crippen LogP contribution is 2.61. The SMILES string of the molecule is CC1(C)c2ccccc2-c2cc(-c3ccc(C45CC6CC(CC(C6)C4)C5)cc3)c(N)cc21. The summed E-state index contributed by atoms with van der Waals surface area (Å²) in [6.07, 6.45) is 8.77. The topological polar surface area (TPSA) is 26.0 Å². The molecule has 4 fully saturated rings. The molecule has 0 atom stereocenters. The van der Waals surface area contributed by atoms with Gasteiger partial charge in [0.15, 0.2) is 0 Å². The Bertz CT molecular complexity index is 1190. The lowest BCUT2D eigenvalue weighted by Crippen LogP contribution is -2.48. The Morgan fingerprint density at radius 3 is 1.97 bits per heavy atom. The van der Waals surface area contributed by atoms with E-state index in [1.807, 2.05) is 0 Å². The van der Waals surface area contributed by atoms with E-state index in [1.165, 1.54) is 71.9 Å². The van der Waals surface area contributed by atoms with Crippen molar-refractivity contribution in [2.75, 3.05) is 5.73 Å². The number of rotatable bonds is 2. The summed E-state index contributed by atoms with van der Waals surface area (Å²) in [5, 5.41) is 0. The first-order valence-corrected chi connectivity index (χ1v) is 12.6. The van der Waals surface area contributed by atoms with Crippen molar-refractivity contribution in [1.82, 2.24) is 0 Å². The average molecular weight is 420 g/mol. The van der Waals surface area contributed by atoms with Gasteiger partial charge >= 0.3 is 0 Å². The molecule has 0 aromatic heterocycles. The van der Waals surface area contributed by atoms with E-state index in [2.05, 4.69) is 74.5 Å². The number of nitrogen functional groups attached to an aromatic ring is 1. The van der Waals surface area contributed by atoms with Gasteiger partial charge in [0.25, 0.3) is 0 Å². The fraction of sp³-hybridized carbons (Fsp3) is 0.419. The molecule has 0 heterocycles. The van der Waals surface area contributed by atoms with Crippen LogP contribution < -0.4 is 5.73 Å². The van der Waals surface area contributed by atoms with E-state index in [0.717, 1.165) is 23.4 Å². The molecule has 0 aliphatic heterocycles. The smallest absolute Gasteiger partial charge is 0.0397 e. The fourth-order valence-corrected chi connectivity index (χ4v) is 8.48. The normalized spacial score (nSPS) is 30.9. The van der Waals surface area contributed by atoms with Crippen LogP contribution in [-0.4, -0.2) is 0 Å². The van der Waals surface area contributed by atoms with Crippen LogP contribution in [0.15, 0.2) is 60.7 Å². The van der Waals surface area contributed by atoms with E-state index in [4.69, 9.17) is 5.73 Å². The summed E-state index contributed by atoms with van der Waals surface area (Å²) in [6, 6.07) is 23.0. The molecule has 4 saturated carbocycles. The predicted molar refractivity (Wildman–Crippen MR) is 134 cm³/mol. The largest absolute Gasteiger partial charge is 0.398 e. The molecule has 0 saturated heterocycles. The molecule has 0 amide bonds. The van der Waals surface area contributed by atoms with E-state index in [-0.39, 0.29) is 5.41 Å². The van der Waals surface area contributed by atoms with E-state index in [1.54, 1.807) is 5.56 Å². The van der Waals surface area contributed by atoms with E-state index < -0.39 is 0 Å². The first-order valence-electron chi connectivity index (χ1n) is 12.6. The standard InChI is InChI=1S/C31H33N/c1-30(2)27-6-4-3-5-24(27)26-14-25(29(32)15-28(26)30)22-7-9-23(10-8-22)31-16-19-11-20(17-31)13-21(12-19)18-31/h3-10,14-15,19-21H,11-13,16-18,32H2,1-2H3. The van der Waals surface area contributed by atoms with Gasteiger partial charge in [0.2, 0.25) is 0 Å². The van der Waals surface area contributed by atoms with Gasteiger partial charge in [-0.15, -0.1) is 0 Å². The molecule has 5 aliphatic rings. The van der Waals surface area contributed by atoms with Crippen LogP contribution in [0.1, 0.15) is 69.1 Å². The van der Waals surface area contributed by atoms with Crippen LogP contribution in [0, 0.1) is 17.8 Å². The van der Waals surface area contributed by atoms with Gasteiger partial charge in [-0.1, -0.05) is 62.4 Å². The monoisotopic (exact) mass is 419 g/mol. The van der Waals surface area contributed by atoms with Gasteiger partial charge in [0, 0.05) is 16.7 Å². The Balaban J connectivity index is 1.28. The van der Waals surface area contributed by atoms with Gasteiger partial charge in [-0.2, -0.15) is 0 Å². The van der Waals surface area contributed by atoms with Gasteiger partial charge in [-0.3, -0.25) is 0 Å². The van der Waals surface area contributed by atoms with Crippen LogP contribution in [0.2, 0.25) is 0 Å². The Kier molecular flexibility index (Phi) is 3.72. The molecule has 4 bridgehead atoms. The van der Waals surface area contributed by atoms with Crippen molar-refractivity contribution in [3.05, 3.63) is 77.4 Å². The second-order valence-corrected chi connectivity index (χ2v) is 11.9. The van der Waals surface area contributed by atoms with Crippen molar-refractivity contribution in [2.45, 2.75) is 63.2 Å². The Labute approximate surface area is 192 Å². The van der Waals surface area contributed by atoms with E-state index >= 15 is 0 Å². The minimum atomic E-state index is 0.000934. The van der Waals surface area contributed by atoms with Gasteiger partial charge in [0.05, 0.1) is 0 Å². The summed E-state index contributed by atoms with van der Waals surface area (Å²) in [5.41, 5.74) is 17.5. The molecular formula is C31H33N. The molecule has 8 rings (SSSR count). The first kappa shape index (κ1) is 19.0. The summed E-state index contributed by atoms with van der Waals surface area (Å²) >= 11 is 0. The van der Waals surface area contributed by atoms with E-state index in [0.29, 0.717) is 5.41 Å². The van der Waals surface area contributed by atoms with Crippen molar-refractivity contribution in [1.29, 1.82) is 0 Å². The van der Waals surface area contributed by atoms with Crippen LogP contribution in [0.3, 0.4) is 0 Å². The summed E-state index contributed by atoms with van der Waals surface area (Å²) in [4.78, 5) is 0. The maximum Gasteiger partial charge on any atom is 0.0397 e. The maximum absolute atomic E-state index is 6.67. The highest BCUT2D eigenvalue weighted by atomic mass is 14.6. The number of hydrogen-bond acceptors (Lipinski definition) is 1. The molecule has 162 valence electrons. The number of nitrogens with two attached hydrogens (primary N) is 1. The van der Waals surface area contributed by atoms with Crippen molar-refractivity contribution in [3.63, 3.8) is 0 Å². The summed E-state index contributed by atoms with van der Waals surface area (Å²) in [7, 11) is 0. The summed E-state index contributed by atoms with van der Waals surface area (Å²) in [5.74, 6) is 2.95. The lowest BCUT2D eigenvalue weighted by Gasteiger charge is -2.57. The third-order valence-electron chi connectivity index (χ3n) is 9.60. The average Bonchev–Trinajstić information content (AvgIpc) is 2.99. The molecule has 2 N–H and O–H groups in total. The van der Waals surface area contributed by atoms with Crippen molar-refractivity contribution in [2.24, 2.45) is 17.8 Å². The minimum Gasteiger partial charge on any atom is -0.398 e. The molecule has 1 nitrogen and oxygen atoms in total. The molecule has 1 heteroatoms. The number of benzene rings is 3. The zero-order valence-corrected chi connectivity index (χ0v) is 19.3. The first-order chi connectivity index (χ1) is 15.4. The van der Waals surface area contributed by atoms with Gasteiger partial charge < -0.3 is 5.73 Å². The Morgan fingerprint density at radius 1 is 0.688 bits per heavy atom. The van der Waals surface area contributed by atoms with Crippen molar-refractivity contribution < 1.29 is 0 Å². The Morgan fingerprint density at radius 2 is 1.31 bits per heavy atom. The Hall–Kier alpha value is -2.54. The molecule has 0 unspecified atom stereocenters. The maximum atomic E-state index is 6.67. The van der Waals surface area contributed by atoms with Gasteiger partial charge in [0.1, 0.15) is 0 Å². The molecule has 0 spiro atoms. The molecular weight excluding hydrogens is 386 g/mol. The lowest BCUT2D eigenvalue weighted by molar-refractivity contribution is -0.00518. The van der Waals surface area contributed by atoms with Gasteiger partial charge in [-0.05, 0) is 107 Å². The third kappa shape index (κ3) is 2.51. The fourth-order valence-electron chi connectivity index (χ4n) is 8.48. The molecule has 5 aliphatic carbocycles. The van der Waals surface area contributed by atoms with Crippen molar-refractivity contribution >= 4 is 5.69 Å². The van der Waals surface area contributed by atoms with Crippen molar-refractivity contribution in [3.8, 4) is 22.3 Å². The second-order valence-electron chi connectivity index (χ2n) is 11.9. The highest BCUT2D eigenvalue weighted by Gasteiger charge is 2.51. The molecule has 0 radical (unpaired) electrons. The minimum absolute atomic E-state index is 0.000934. The van der Waals surface area contributed by atoms with Crippen LogP contribution in [-0.2, 0) is 10.8 Å². The quantitative estimate of drug-likeness (QED) is 0.423. The van der Waals surface area contributed by atoms with E-state index in [9.17, 15) is 0 Å². The lowest BCUT2D eigenvalue weighted by atomic mass is 9.48.